The van der Waals surface area contributed by atoms with Crippen molar-refractivity contribution in [2.24, 2.45) is 10.9 Å². The van der Waals surface area contributed by atoms with E-state index < -0.39 is 0 Å². The van der Waals surface area contributed by atoms with Gasteiger partial charge in [0.1, 0.15) is 6.54 Å². The summed E-state index contributed by atoms with van der Waals surface area (Å²) in [6, 6.07) is 4.80. The molecule has 0 bridgehead atoms. The van der Waals surface area contributed by atoms with E-state index in [1.54, 1.807) is 20.2 Å². The molecule has 2 rings (SSSR count). The lowest BCUT2D eigenvalue weighted by Crippen LogP contribution is -2.40. The molecule has 0 radical (unpaired) electrons. The van der Waals surface area contributed by atoms with Gasteiger partial charge in [0.15, 0.2) is 17.5 Å². The highest BCUT2D eigenvalue weighted by Crippen LogP contribution is 2.30. The summed E-state index contributed by atoms with van der Waals surface area (Å²) in [5, 5.41) is 6.45. The summed E-state index contributed by atoms with van der Waals surface area (Å²) in [7, 11) is 3.39. The Hall–Kier alpha value is -1.62. The summed E-state index contributed by atoms with van der Waals surface area (Å²) in [6.45, 7) is 6.46. The van der Waals surface area contributed by atoms with Crippen LogP contribution in [0.25, 0.3) is 0 Å². The van der Waals surface area contributed by atoms with Crippen molar-refractivity contribution in [3.8, 4) is 5.75 Å². The molecule has 7 nitrogen and oxygen atoms in total. The Morgan fingerprint density at radius 1 is 1.35 bits per heavy atom. The van der Waals surface area contributed by atoms with Gasteiger partial charge in [0.25, 0.3) is 0 Å². The molecule has 9 heteroatoms. The first-order valence-corrected chi connectivity index (χ1v) is 10.7. The van der Waals surface area contributed by atoms with E-state index in [-0.39, 0.29) is 54.0 Å². The third kappa shape index (κ3) is 10.5. The second kappa shape index (κ2) is 14.4. The van der Waals surface area contributed by atoms with E-state index in [1.807, 2.05) is 19.9 Å². The number of nitrogens with zero attached hydrogens (tertiary/aromatic N) is 2. The molecule has 0 spiro atoms. The second-order valence-electron chi connectivity index (χ2n) is 7.74. The number of amides is 1. The zero-order chi connectivity index (χ0) is 21.9. The number of carbonyl (C=O) groups is 1. The molecule has 1 unspecified atom stereocenters. The number of hydrogen-bond acceptors (Lipinski definition) is 4. The molecule has 0 saturated heterocycles. The number of hydrogen-bond donors (Lipinski definition) is 2. The highest BCUT2D eigenvalue weighted by atomic mass is 127. The van der Waals surface area contributed by atoms with Crippen molar-refractivity contribution in [1.29, 1.82) is 0 Å². The van der Waals surface area contributed by atoms with Gasteiger partial charge in [-0.05, 0) is 56.7 Å². The first-order chi connectivity index (χ1) is 14.4. The van der Waals surface area contributed by atoms with Gasteiger partial charge in [0.05, 0.1) is 12.6 Å². The van der Waals surface area contributed by atoms with Crippen LogP contribution in [-0.2, 0) is 9.53 Å². The lowest BCUT2D eigenvalue weighted by Gasteiger charge is -2.20. The maximum Gasteiger partial charge on any atom is 0.243 e. The predicted octanol–water partition coefficient (Wildman–Crippen LogP) is 3.34. The average molecular weight is 550 g/mol. The van der Waals surface area contributed by atoms with Crippen molar-refractivity contribution in [3.05, 3.63) is 29.6 Å². The zero-order valence-corrected chi connectivity index (χ0v) is 21.3. The molecule has 1 fully saturated rings. The van der Waals surface area contributed by atoms with E-state index in [1.165, 1.54) is 11.0 Å². The lowest BCUT2D eigenvalue weighted by molar-refractivity contribution is -0.127. The van der Waals surface area contributed by atoms with Crippen molar-refractivity contribution in [2.45, 2.75) is 39.2 Å². The molecule has 0 aliphatic heterocycles. The van der Waals surface area contributed by atoms with Crippen molar-refractivity contribution >= 4 is 35.8 Å². The average Bonchev–Trinajstić information content (AvgIpc) is 3.54. The van der Waals surface area contributed by atoms with Gasteiger partial charge in [0, 0.05) is 33.9 Å². The number of aliphatic imine (C=N–C) groups is 1. The molecule has 1 aliphatic carbocycles. The molecular formula is C22H36FIN4O3. The zero-order valence-electron chi connectivity index (χ0n) is 18.9. The van der Waals surface area contributed by atoms with Gasteiger partial charge in [-0.1, -0.05) is 6.07 Å². The Morgan fingerprint density at radius 3 is 2.71 bits per heavy atom. The normalized spacial score (nSPS) is 14.4. The number of rotatable bonds is 12. The largest absolute Gasteiger partial charge is 0.490 e. The van der Waals surface area contributed by atoms with Crippen LogP contribution in [-0.4, -0.2) is 63.8 Å². The quantitative estimate of drug-likeness (QED) is 0.181. The van der Waals surface area contributed by atoms with Crippen LogP contribution in [0, 0.1) is 11.7 Å². The van der Waals surface area contributed by atoms with E-state index in [0.717, 1.165) is 24.8 Å². The summed E-state index contributed by atoms with van der Waals surface area (Å²) >= 11 is 0. The Bertz CT molecular complexity index is 714. The molecule has 1 aliphatic rings. The molecule has 1 atom stereocenters. The van der Waals surface area contributed by atoms with Crippen LogP contribution in [0.1, 0.15) is 44.7 Å². The number of benzene rings is 1. The molecule has 1 aromatic rings. The van der Waals surface area contributed by atoms with Crippen LogP contribution < -0.4 is 15.4 Å². The van der Waals surface area contributed by atoms with Crippen LogP contribution in [0.5, 0.6) is 5.75 Å². The van der Waals surface area contributed by atoms with Crippen molar-refractivity contribution in [2.75, 3.05) is 47.0 Å². The fourth-order valence-electron chi connectivity index (χ4n) is 2.65. The number of carbonyl (C=O) groups excluding carboxylic acids is 1. The minimum Gasteiger partial charge on any atom is -0.490 e. The third-order valence-corrected chi connectivity index (χ3v) is 4.81. The minimum atomic E-state index is -0.368. The standard InChI is InChI=1S/C22H35FN4O3.HI/c1-5-29-12-6-11-24-22(25-14-21(28)27(3)4)26-16(2)18-9-10-20(19(23)13-18)30-15-17-7-8-17;/h9-10,13,16-17H,5-8,11-12,14-15H2,1-4H3,(H2,24,25,26);1H. The predicted molar refractivity (Wildman–Crippen MR) is 132 cm³/mol. The molecule has 1 aromatic carbocycles. The molecule has 176 valence electrons. The fourth-order valence-corrected chi connectivity index (χ4v) is 2.65. The van der Waals surface area contributed by atoms with Gasteiger partial charge in [-0.3, -0.25) is 4.79 Å². The number of likely N-dealkylation sites (N-methyl/N-ethyl adjacent to an activating group) is 1. The van der Waals surface area contributed by atoms with Crippen LogP contribution in [0.4, 0.5) is 4.39 Å². The number of ether oxygens (including phenoxy) is 2. The number of halogens is 2. The molecule has 31 heavy (non-hydrogen) atoms. The summed E-state index contributed by atoms with van der Waals surface area (Å²) in [6.07, 6.45) is 3.14. The first-order valence-electron chi connectivity index (χ1n) is 10.7. The highest BCUT2D eigenvalue weighted by molar-refractivity contribution is 14.0. The van der Waals surface area contributed by atoms with Crippen LogP contribution in [0.3, 0.4) is 0 Å². The molecular weight excluding hydrogens is 514 g/mol. The number of guanidine groups is 1. The molecule has 1 amide bonds. The van der Waals surface area contributed by atoms with E-state index in [0.29, 0.717) is 38.2 Å². The summed E-state index contributed by atoms with van der Waals surface area (Å²) < 4.78 is 25.3. The van der Waals surface area contributed by atoms with E-state index >= 15 is 0 Å². The van der Waals surface area contributed by atoms with Crippen molar-refractivity contribution in [1.82, 2.24) is 15.5 Å². The first kappa shape index (κ1) is 27.4. The van der Waals surface area contributed by atoms with Gasteiger partial charge in [-0.2, -0.15) is 0 Å². The molecule has 0 aromatic heterocycles. The summed E-state index contributed by atoms with van der Waals surface area (Å²) in [4.78, 5) is 17.8. The van der Waals surface area contributed by atoms with Gasteiger partial charge >= 0.3 is 0 Å². The fraction of sp³-hybridized carbons (Fsp3) is 0.636. The van der Waals surface area contributed by atoms with Crippen molar-refractivity contribution in [3.63, 3.8) is 0 Å². The maximum atomic E-state index is 14.4. The van der Waals surface area contributed by atoms with Gasteiger partial charge in [0.2, 0.25) is 5.91 Å². The summed E-state index contributed by atoms with van der Waals surface area (Å²) in [5.41, 5.74) is 0.772. The van der Waals surface area contributed by atoms with E-state index in [9.17, 15) is 9.18 Å². The number of nitrogens with one attached hydrogen (secondary N) is 2. The smallest absolute Gasteiger partial charge is 0.243 e. The molecule has 0 heterocycles. The molecule has 2 N–H and O–H groups in total. The third-order valence-electron chi connectivity index (χ3n) is 4.81. The topological polar surface area (TPSA) is 75.2 Å². The van der Waals surface area contributed by atoms with E-state index in [4.69, 9.17) is 9.47 Å². The Labute approximate surface area is 202 Å². The Morgan fingerprint density at radius 2 is 2.10 bits per heavy atom. The molecule has 1 saturated carbocycles. The van der Waals surface area contributed by atoms with Gasteiger partial charge < -0.3 is 25.0 Å². The lowest BCUT2D eigenvalue weighted by atomic mass is 10.1. The van der Waals surface area contributed by atoms with Crippen LogP contribution in [0.2, 0.25) is 0 Å². The monoisotopic (exact) mass is 550 g/mol. The van der Waals surface area contributed by atoms with Gasteiger partial charge in [-0.15, -0.1) is 24.0 Å². The van der Waals surface area contributed by atoms with Crippen LogP contribution >= 0.6 is 24.0 Å². The highest BCUT2D eigenvalue weighted by Gasteiger charge is 2.22. The van der Waals surface area contributed by atoms with Crippen molar-refractivity contribution < 1.29 is 18.7 Å². The van der Waals surface area contributed by atoms with E-state index in [2.05, 4.69) is 15.6 Å². The maximum absolute atomic E-state index is 14.4. The Kier molecular flexibility index (Phi) is 12.8. The second-order valence-corrected chi connectivity index (χ2v) is 7.74. The summed E-state index contributed by atoms with van der Waals surface area (Å²) in [5.74, 6) is 0.900. The SMILES string of the molecule is CCOCCCNC(=NCC(=O)N(C)C)NC(C)c1ccc(OCC2CC2)c(F)c1.I. The van der Waals surface area contributed by atoms with Gasteiger partial charge in [-0.25, -0.2) is 9.38 Å². The minimum absolute atomic E-state index is 0. The Balaban J connectivity index is 0.00000480. The van der Waals surface area contributed by atoms with Crippen LogP contribution in [0.15, 0.2) is 23.2 Å².